The average molecular weight is 300 g/mol. The van der Waals surface area contributed by atoms with Crippen LogP contribution in [0.1, 0.15) is 15.9 Å². The van der Waals surface area contributed by atoms with Gasteiger partial charge in [0, 0.05) is 12.6 Å². The maximum atomic E-state index is 12.4. The van der Waals surface area contributed by atoms with Crippen molar-refractivity contribution in [2.75, 3.05) is 19.1 Å². The fourth-order valence-corrected chi connectivity index (χ4v) is 1.91. The predicted molar refractivity (Wildman–Crippen MR) is 87.2 cm³/mol. The second-order valence-electron chi connectivity index (χ2n) is 4.54. The first-order chi connectivity index (χ1) is 10.5. The van der Waals surface area contributed by atoms with Crippen LogP contribution in [0.15, 0.2) is 48.5 Å². The minimum Gasteiger partial charge on any atom is -0.495 e. The van der Waals surface area contributed by atoms with Crippen LogP contribution in [-0.4, -0.2) is 26.5 Å². The lowest BCUT2D eigenvalue weighted by molar-refractivity contribution is -0.106. The summed E-state index contributed by atoms with van der Waals surface area (Å²) in [6.07, 6.45) is 0.250. The van der Waals surface area contributed by atoms with Gasteiger partial charge in [-0.05, 0) is 31.2 Å². The Labute approximate surface area is 130 Å². The molecule has 5 heteroatoms. The third kappa shape index (κ3) is 4.34. The van der Waals surface area contributed by atoms with Crippen LogP contribution < -0.4 is 15.4 Å². The smallest absolute Gasteiger partial charge is 0.258 e. The Morgan fingerprint density at radius 1 is 1.14 bits per heavy atom. The minimum absolute atomic E-state index is 0.0514. The van der Waals surface area contributed by atoms with Crippen LogP contribution in [0.5, 0.6) is 5.75 Å². The number of primary amides is 1. The monoisotopic (exact) mass is 300 g/mol. The van der Waals surface area contributed by atoms with E-state index in [2.05, 4.69) is 5.73 Å². The summed E-state index contributed by atoms with van der Waals surface area (Å²) in [5, 5.41) is 0. The highest BCUT2D eigenvalue weighted by atomic mass is 16.5. The molecule has 2 aromatic carbocycles. The Hall–Kier alpha value is -2.82. The van der Waals surface area contributed by atoms with E-state index in [1.54, 1.807) is 19.1 Å². The number of anilines is 1. The Kier molecular flexibility index (Phi) is 6.63. The molecule has 0 aliphatic carbocycles. The van der Waals surface area contributed by atoms with Crippen LogP contribution in [0.2, 0.25) is 0 Å². The number of rotatable bonds is 3. The molecule has 2 N–H and O–H groups in total. The van der Waals surface area contributed by atoms with Gasteiger partial charge in [-0.1, -0.05) is 29.8 Å². The normalized spacial score (nSPS) is 9.23. The molecule has 116 valence electrons. The van der Waals surface area contributed by atoms with Crippen LogP contribution in [0.3, 0.4) is 0 Å². The third-order valence-electron chi connectivity index (χ3n) is 3.05. The molecule has 0 bridgehead atoms. The van der Waals surface area contributed by atoms with Crippen molar-refractivity contribution in [2.45, 2.75) is 6.92 Å². The van der Waals surface area contributed by atoms with E-state index in [0.717, 1.165) is 11.3 Å². The van der Waals surface area contributed by atoms with Crippen molar-refractivity contribution >= 4 is 18.0 Å². The van der Waals surface area contributed by atoms with Crippen LogP contribution in [0.4, 0.5) is 5.69 Å². The standard InChI is InChI=1S/C16H17NO2.CH3NO/c1-12-8-10-13(11-9-12)16(18)17(2)14-6-4-5-7-15(14)19-3;2-1-3/h4-11H,1-3H3;1H,(H2,2,3). The highest BCUT2D eigenvalue weighted by molar-refractivity contribution is 6.06. The van der Waals surface area contributed by atoms with Gasteiger partial charge < -0.3 is 15.4 Å². The van der Waals surface area contributed by atoms with E-state index in [4.69, 9.17) is 9.53 Å². The fourth-order valence-electron chi connectivity index (χ4n) is 1.91. The van der Waals surface area contributed by atoms with E-state index in [1.165, 1.54) is 0 Å². The van der Waals surface area contributed by atoms with Crippen LogP contribution in [0, 0.1) is 6.92 Å². The first kappa shape index (κ1) is 17.2. The molecule has 0 unspecified atom stereocenters. The second-order valence-corrected chi connectivity index (χ2v) is 4.54. The van der Waals surface area contributed by atoms with E-state index in [1.807, 2.05) is 55.5 Å². The number of nitrogens with zero attached hydrogens (tertiary/aromatic N) is 1. The number of ether oxygens (including phenoxy) is 1. The van der Waals surface area contributed by atoms with Gasteiger partial charge in [-0.3, -0.25) is 9.59 Å². The lowest BCUT2D eigenvalue weighted by atomic mass is 10.1. The van der Waals surface area contributed by atoms with Crippen molar-refractivity contribution in [3.8, 4) is 5.75 Å². The predicted octanol–water partition coefficient (Wildman–Crippen LogP) is 2.38. The van der Waals surface area contributed by atoms with Crippen molar-refractivity contribution in [3.05, 3.63) is 59.7 Å². The van der Waals surface area contributed by atoms with Crippen molar-refractivity contribution in [1.29, 1.82) is 0 Å². The molecule has 5 nitrogen and oxygen atoms in total. The Morgan fingerprint density at radius 2 is 1.68 bits per heavy atom. The average Bonchev–Trinajstić information content (AvgIpc) is 2.55. The van der Waals surface area contributed by atoms with Gasteiger partial charge in [-0.15, -0.1) is 0 Å². The molecule has 0 saturated heterocycles. The Morgan fingerprint density at radius 3 is 2.23 bits per heavy atom. The Balaban J connectivity index is 0.000000745. The molecular formula is C17H20N2O3. The number of carbonyl (C=O) groups is 2. The van der Waals surface area contributed by atoms with Crippen molar-refractivity contribution < 1.29 is 14.3 Å². The molecule has 0 spiro atoms. The zero-order valence-electron chi connectivity index (χ0n) is 12.9. The first-order valence-electron chi connectivity index (χ1n) is 6.68. The molecule has 0 fully saturated rings. The number of nitrogens with two attached hydrogens (primary N) is 1. The van der Waals surface area contributed by atoms with Gasteiger partial charge in [-0.25, -0.2) is 0 Å². The number of amides is 2. The largest absolute Gasteiger partial charge is 0.495 e. The number of hydrogen-bond acceptors (Lipinski definition) is 3. The van der Waals surface area contributed by atoms with Gasteiger partial charge in [0.05, 0.1) is 12.8 Å². The molecule has 22 heavy (non-hydrogen) atoms. The van der Waals surface area contributed by atoms with Gasteiger partial charge in [-0.2, -0.15) is 0 Å². The molecule has 0 aromatic heterocycles. The lowest BCUT2D eigenvalue weighted by Gasteiger charge is -2.20. The van der Waals surface area contributed by atoms with Gasteiger partial charge in [0.25, 0.3) is 5.91 Å². The lowest BCUT2D eigenvalue weighted by Crippen LogP contribution is -2.26. The van der Waals surface area contributed by atoms with E-state index in [-0.39, 0.29) is 12.3 Å². The SMILES string of the molecule is COc1ccccc1N(C)C(=O)c1ccc(C)cc1.NC=O. The molecule has 0 atom stereocenters. The zero-order chi connectivity index (χ0) is 16.5. The summed E-state index contributed by atoms with van der Waals surface area (Å²) in [5.74, 6) is 0.634. The van der Waals surface area contributed by atoms with Crippen LogP contribution >= 0.6 is 0 Å². The topological polar surface area (TPSA) is 72.6 Å². The molecule has 0 radical (unpaired) electrons. The summed E-state index contributed by atoms with van der Waals surface area (Å²) in [6.45, 7) is 2.00. The highest BCUT2D eigenvalue weighted by Gasteiger charge is 2.16. The van der Waals surface area contributed by atoms with Crippen molar-refractivity contribution in [1.82, 2.24) is 0 Å². The highest BCUT2D eigenvalue weighted by Crippen LogP contribution is 2.27. The summed E-state index contributed by atoms with van der Waals surface area (Å²) in [6, 6.07) is 15.0. The summed E-state index contributed by atoms with van der Waals surface area (Å²) in [5.41, 5.74) is 6.73. The van der Waals surface area contributed by atoms with Crippen LogP contribution in [-0.2, 0) is 4.79 Å². The number of benzene rings is 2. The summed E-state index contributed by atoms with van der Waals surface area (Å²) in [7, 11) is 3.35. The minimum atomic E-state index is -0.0514. The summed E-state index contributed by atoms with van der Waals surface area (Å²) >= 11 is 0. The maximum absolute atomic E-state index is 12.4. The van der Waals surface area contributed by atoms with Gasteiger partial charge in [0.2, 0.25) is 6.41 Å². The number of carbonyl (C=O) groups excluding carboxylic acids is 2. The van der Waals surface area contributed by atoms with Gasteiger partial charge >= 0.3 is 0 Å². The number of hydrogen-bond donors (Lipinski definition) is 1. The van der Waals surface area contributed by atoms with E-state index in [0.29, 0.717) is 11.3 Å². The zero-order valence-corrected chi connectivity index (χ0v) is 12.9. The fraction of sp³-hybridized carbons (Fsp3) is 0.176. The van der Waals surface area contributed by atoms with Gasteiger partial charge in [0.15, 0.2) is 0 Å². The Bertz CT molecular complexity index is 624. The number of para-hydroxylation sites is 2. The second kappa shape index (κ2) is 8.46. The van der Waals surface area contributed by atoms with Gasteiger partial charge in [0.1, 0.15) is 5.75 Å². The molecular weight excluding hydrogens is 280 g/mol. The number of methoxy groups -OCH3 is 1. The molecule has 0 aliphatic heterocycles. The third-order valence-corrected chi connectivity index (χ3v) is 3.05. The summed E-state index contributed by atoms with van der Waals surface area (Å²) in [4.78, 5) is 22.6. The molecule has 0 aliphatic rings. The molecule has 2 amide bonds. The molecule has 0 heterocycles. The van der Waals surface area contributed by atoms with E-state index in [9.17, 15) is 4.79 Å². The maximum Gasteiger partial charge on any atom is 0.258 e. The van der Waals surface area contributed by atoms with E-state index >= 15 is 0 Å². The van der Waals surface area contributed by atoms with Crippen molar-refractivity contribution in [3.63, 3.8) is 0 Å². The molecule has 2 rings (SSSR count). The van der Waals surface area contributed by atoms with Crippen molar-refractivity contribution in [2.24, 2.45) is 5.73 Å². The summed E-state index contributed by atoms with van der Waals surface area (Å²) < 4.78 is 5.28. The van der Waals surface area contributed by atoms with Crippen LogP contribution in [0.25, 0.3) is 0 Å². The molecule has 0 saturated carbocycles. The molecule has 2 aromatic rings. The number of aryl methyl sites for hydroxylation is 1. The quantitative estimate of drug-likeness (QED) is 0.885. The first-order valence-corrected chi connectivity index (χ1v) is 6.68. The van der Waals surface area contributed by atoms with E-state index < -0.39 is 0 Å².